The summed E-state index contributed by atoms with van der Waals surface area (Å²) in [4.78, 5) is 11.7. The Kier molecular flexibility index (Phi) is 5.55. The van der Waals surface area contributed by atoms with E-state index in [1.165, 1.54) is 0 Å². The Morgan fingerprint density at radius 3 is 2.63 bits per heavy atom. The van der Waals surface area contributed by atoms with Gasteiger partial charge in [0.05, 0.1) is 21.3 Å². The average Bonchev–Trinajstić information content (AvgIpc) is 2.65. The van der Waals surface area contributed by atoms with Gasteiger partial charge in [-0.3, -0.25) is 9.48 Å². The van der Waals surface area contributed by atoms with Crippen LogP contribution in [0, 0.1) is 12.3 Å². The number of nitrogens with zero attached hydrogens (tertiary/aromatic N) is 2. The van der Waals surface area contributed by atoms with Crippen LogP contribution in [0.15, 0.2) is 4.47 Å². The number of rotatable bonds is 6. The van der Waals surface area contributed by atoms with Gasteiger partial charge in [-0.15, -0.1) is 0 Å². The normalized spacial score (nSPS) is 11.7. The van der Waals surface area contributed by atoms with E-state index < -0.39 is 5.41 Å². The molecule has 1 aromatic heterocycles. The number of nitrogens with one attached hydrogen (secondary N) is 2. The highest BCUT2D eigenvalue weighted by molar-refractivity contribution is 9.10. The topological polar surface area (TPSA) is 59.0 Å². The van der Waals surface area contributed by atoms with Gasteiger partial charge in [0, 0.05) is 26.7 Å². The van der Waals surface area contributed by atoms with Crippen LogP contribution in [-0.2, 0) is 17.9 Å². The first-order chi connectivity index (χ1) is 8.83. The van der Waals surface area contributed by atoms with Crippen LogP contribution >= 0.6 is 15.9 Å². The van der Waals surface area contributed by atoms with E-state index in [4.69, 9.17) is 0 Å². The quantitative estimate of drug-likeness (QED) is 0.836. The zero-order valence-electron chi connectivity index (χ0n) is 12.3. The maximum absolute atomic E-state index is 11.7. The molecule has 6 heteroatoms. The zero-order valence-corrected chi connectivity index (χ0v) is 13.9. The first kappa shape index (κ1) is 16.2. The largest absolute Gasteiger partial charge is 0.359 e. The van der Waals surface area contributed by atoms with Gasteiger partial charge >= 0.3 is 0 Å². The van der Waals surface area contributed by atoms with Crippen molar-refractivity contribution in [3.8, 4) is 0 Å². The fraction of sp³-hybridized carbons (Fsp3) is 0.692. The van der Waals surface area contributed by atoms with Gasteiger partial charge in [0.1, 0.15) is 0 Å². The standard InChI is InChI=1S/C13H23BrN4O/c1-6-18-10(11(14)9(2)17-18)7-16-8-13(3,4)12(19)15-5/h16H,6-8H2,1-5H3,(H,15,19). The Labute approximate surface area is 123 Å². The summed E-state index contributed by atoms with van der Waals surface area (Å²) in [7, 11) is 1.66. The van der Waals surface area contributed by atoms with Gasteiger partial charge in [-0.2, -0.15) is 5.10 Å². The highest BCUT2D eigenvalue weighted by Gasteiger charge is 2.26. The summed E-state index contributed by atoms with van der Waals surface area (Å²) in [5, 5.41) is 10.5. The second-order valence-electron chi connectivity index (χ2n) is 5.23. The van der Waals surface area contributed by atoms with Crippen molar-refractivity contribution in [3.05, 3.63) is 15.9 Å². The zero-order chi connectivity index (χ0) is 14.6. The lowest BCUT2D eigenvalue weighted by molar-refractivity contribution is -0.128. The molecule has 0 radical (unpaired) electrons. The molecule has 108 valence electrons. The fourth-order valence-electron chi connectivity index (χ4n) is 1.95. The fourth-order valence-corrected chi connectivity index (χ4v) is 2.37. The highest BCUT2D eigenvalue weighted by Crippen LogP contribution is 2.21. The molecule has 1 heterocycles. The maximum atomic E-state index is 11.7. The number of aryl methyl sites for hydroxylation is 2. The molecular formula is C13H23BrN4O. The van der Waals surface area contributed by atoms with E-state index in [1.807, 2.05) is 25.5 Å². The molecule has 0 aliphatic carbocycles. The van der Waals surface area contributed by atoms with Gasteiger partial charge in [-0.1, -0.05) is 0 Å². The predicted molar refractivity (Wildman–Crippen MR) is 79.9 cm³/mol. The Hall–Kier alpha value is -0.880. The van der Waals surface area contributed by atoms with Crippen molar-refractivity contribution in [2.45, 2.75) is 40.8 Å². The van der Waals surface area contributed by atoms with E-state index in [-0.39, 0.29) is 5.91 Å². The molecule has 0 aromatic carbocycles. The first-order valence-electron chi connectivity index (χ1n) is 6.48. The lowest BCUT2D eigenvalue weighted by Crippen LogP contribution is -2.42. The molecule has 0 aliphatic heterocycles. The first-order valence-corrected chi connectivity index (χ1v) is 7.27. The third kappa shape index (κ3) is 3.79. The molecule has 0 saturated heterocycles. The van der Waals surface area contributed by atoms with Crippen molar-refractivity contribution in [2.24, 2.45) is 5.41 Å². The summed E-state index contributed by atoms with van der Waals surface area (Å²) in [5.74, 6) is 0.0410. The molecule has 0 spiro atoms. The number of carbonyl (C=O) groups excluding carboxylic acids is 1. The molecule has 0 fully saturated rings. The molecule has 0 aliphatic rings. The van der Waals surface area contributed by atoms with Crippen molar-refractivity contribution in [3.63, 3.8) is 0 Å². The number of hydrogen-bond donors (Lipinski definition) is 2. The number of carbonyl (C=O) groups is 1. The Bertz CT molecular complexity index is 454. The molecule has 0 atom stereocenters. The summed E-state index contributed by atoms with van der Waals surface area (Å²) in [6, 6.07) is 0. The van der Waals surface area contributed by atoms with E-state index >= 15 is 0 Å². The molecule has 1 aromatic rings. The minimum atomic E-state index is -0.423. The molecule has 0 saturated carbocycles. The monoisotopic (exact) mass is 330 g/mol. The van der Waals surface area contributed by atoms with Gasteiger partial charge in [-0.05, 0) is 43.6 Å². The van der Waals surface area contributed by atoms with E-state index in [1.54, 1.807) is 7.05 Å². The van der Waals surface area contributed by atoms with Crippen LogP contribution in [0.1, 0.15) is 32.2 Å². The Morgan fingerprint density at radius 2 is 2.11 bits per heavy atom. The molecule has 19 heavy (non-hydrogen) atoms. The van der Waals surface area contributed by atoms with Crippen molar-refractivity contribution < 1.29 is 4.79 Å². The molecule has 5 nitrogen and oxygen atoms in total. The van der Waals surface area contributed by atoms with Crippen molar-refractivity contribution in [1.82, 2.24) is 20.4 Å². The van der Waals surface area contributed by atoms with Gasteiger partial charge in [0.25, 0.3) is 0 Å². The van der Waals surface area contributed by atoms with Gasteiger partial charge < -0.3 is 10.6 Å². The molecular weight excluding hydrogens is 308 g/mol. The van der Waals surface area contributed by atoms with Crippen LogP contribution in [0.5, 0.6) is 0 Å². The van der Waals surface area contributed by atoms with E-state index in [2.05, 4.69) is 38.6 Å². The average molecular weight is 331 g/mol. The SMILES string of the molecule is CCn1nc(C)c(Br)c1CNCC(C)(C)C(=O)NC. The van der Waals surface area contributed by atoms with Crippen LogP contribution in [0.2, 0.25) is 0 Å². The molecule has 1 rings (SSSR count). The highest BCUT2D eigenvalue weighted by atomic mass is 79.9. The summed E-state index contributed by atoms with van der Waals surface area (Å²) < 4.78 is 3.01. The minimum absolute atomic E-state index is 0.0410. The number of aromatic nitrogens is 2. The summed E-state index contributed by atoms with van der Waals surface area (Å²) in [5.41, 5.74) is 1.68. The summed E-state index contributed by atoms with van der Waals surface area (Å²) >= 11 is 3.56. The van der Waals surface area contributed by atoms with Crippen LogP contribution in [-0.4, -0.2) is 29.3 Å². The number of hydrogen-bond acceptors (Lipinski definition) is 3. The van der Waals surface area contributed by atoms with E-state index in [0.717, 1.165) is 22.4 Å². The number of halogens is 1. The van der Waals surface area contributed by atoms with Crippen molar-refractivity contribution in [2.75, 3.05) is 13.6 Å². The van der Waals surface area contributed by atoms with E-state index in [0.29, 0.717) is 13.1 Å². The third-order valence-electron chi connectivity index (χ3n) is 3.15. The second kappa shape index (κ2) is 6.52. The minimum Gasteiger partial charge on any atom is -0.359 e. The molecule has 0 unspecified atom stereocenters. The van der Waals surface area contributed by atoms with Gasteiger partial charge in [0.15, 0.2) is 0 Å². The maximum Gasteiger partial charge on any atom is 0.226 e. The molecule has 1 amide bonds. The van der Waals surface area contributed by atoms with Crippen LogP contribution in [0.4, 0.5) is 0 Å². The lowest BCUT2D eigenvalue weighted by Gasteiger charge is -2.23. The van der Waals surface area contributed by atoms with Crippen LogP contribution in [0.25, 0.3) is 0 Å². The Morgan fingerprint density at radius 1 is 1.47 bits per heavy atom. The van der Waals surface area contributed by atoms with E-state index in [9.17, 15) is 4.79 Å². The summed E-state index contributed by atoms with van der Waals surface area (Å²) in [6.45, 7) is 10.0. The van der Waals surface area contributed by atoms with Crippen LogP contribution in [0.3, 0.4) is 0 Å². The van der Waals surface area contributed by atoms with Crippen molar-refractivity contribution >= 4 is 21.8 Å². The van der Waals surface area contributed by atoms with Crippen molar-refractivity contribution in [1.29, 1.82) is 0 Å². The summed E-state index contributed by atoms with van der Waals surface area (Å²) in [6.07, 6.45) is 0. The van der Waals surface area contributed by atoms with Crippen LogP contribution < -0.4 is 10.6 Å². The smallest absolute Gasteiger partial charge is 0.226 e. The predicted octanol–water partition coefficient (Wildman–Crippen LogP) is 1.84. The molecule has 2 N–H and O–H groups in total. The Balaban J connectivity index is 2.66. The lowest BCUT2D eigenvalue weighted by atomic mass is 9.92. The second-order valence-corrected chi connectivity index (χ2v) is 6.02. The molecule has 0 bridgehead atoms. The van der Waals surface area contributed by atoms with Gasteiger partial charge in [0.2, 0.25) is 5.91 Å². The number of amides is 1. The third-order valence-corrected chi connectivity index (χ3v) is 4.19. The van der Waals surface area contributed by atoms with Gasteiger partial charge in [-0.25, -0.2) is 0 Å².